The number of carbonyl (C=O) groups excluding carboxylic acids is 2. The van der Waals surface area contributed by atoms with Gasteiger partial charge in [0, 0.05) is 0 Å². The molecule has 1 amide bonds. The molecular formula is C21H35NO4. The van der Waals surface area contributed by atoms with Gasteiger partial charge in [0.05, 0.1) is 12.9 Å². The van der Waals surface area contributed by atoms with Gasteiger partial charge in [0.25, 0.3) is 5.91 Å². The van der Waals surface area contributed by atoms with E-state index in [1.807, 2.05) is 0 Å². The van der Waals surface area contributed by atoms with Crippen molar-refractivity contribution in [2.24, 2.45) is 0 Å². The minimum atomic E-state index is -0.680. The molecule has 0 unspecified atom stereocenters. The summed E-state index contributed by atoms with van der Waals surface area (Å²) in [6.07, 6.45) is 15.3. The van der Waals surface area contributed by atoms with Gasteiger partial charge in [0.2, 0.25) is 0 Å². The molecule has 0 aliphatic carbocycles. The molecule has 1 heterocycles. The lowest BCUT2D eigenvalue weighted by Gasteiger charge is -2.12. The number of esters is 1. The summed E-state index contributed by atoms with van der Waals surface area (Å²) >= 11 is 0. The molecule has 1 rings (SSSR count). The molecule has 5 nitrogen and oxygen atoms in total. The highest BCUT2D eigenvalue weighted by Crippen LogP contribution is 2.11. The first-order valence-electron chi connectivity index (χ1n) is 10.2. The van der Waals surface area contributed by atoms with E-state index in [-0.39, 0.29) is 5.76 Å². The van der Waals surface area contributed by atoms with Crippen LogP contribution in [0.25, 0.3) is 0 Å². The standard InChI is InChI=1S/C21H35NO4/c1-3-4-5-6-7-8-9-10-11-12-13-16-26-21(24)18(2)22-20(23)19-15-14-17-25-19/h14-15,17-18H,3-13,16H2,1-2H3,(H,22,23)/t18-/m0/s1. The van der Waals surface area contributed by atoms with Crippen molar-refractivity contribution in [1.29, 1.82) is 0 Å². The van der Waals surface area contributed by atoms with Gasteiger partial charge in [-0.3, -0.25) is 4.79 Å². The molecule has 0 fully saturated rings. The molecule has 0 spiro atoms. The van der Waals surface area contributed by atoms with Crippen LogP contribution < -0.4 is 5.32 Å². The minimum Gasteiger partial charge on any atom is -0.464 e. The molecule has 5 heteroatoms. The maximum Gasteiger partial charge on any atom is 0.328 e. The topological polar surface area (TPSA) is 68.5 Å². The maximum absolute atomic E-state index is 11.9. The summed E-state index contributed by atoms with van der Waals surface area (Å²) in [5, 5.41) is 2.57. The number of carbonyl (C=O) groups is 2. The van der Waals surface area contributed by atoms with Crippen LogP contribution in [0.4, 0.5) is 0 Å². The Balaban J connectivity index is 1.94. The molecule has 148 valence electrons. The van der Waals surface area contributed by atoms with Crippen LogP contribution in [-0.2, 0) is 9.53 Å². The van der Waals surface area contributed by atoms with Crippen LogP contribution in [0.3, 0.4) is 0 Å². The van der Waals surface area contributed by atoms with Crippen LogP contribution in [0.5, 0.6) is 0 Å². The third kappa shape index (κ3) is 10.3. The molecule has 0 saturated heterocycles. The number of nitrogens with one attached hydrogen (secondary N) is 1. The average Bonchev–Trinajstić information content (AvgIpc) is 3.17. The van der Waals surface area contributed by atoms with Crippen LogP contribution >= 0.6 is 0 Å². The molecule has 1 N–H and O–H groups in total. The number of hydrogen-bond acceptors (Lipinski definition) is 4. The fraction of sp³-hybridized carbons (Fsp3) is 0.714. The van der Waals surface area contributed by atoms with E-state index in [0.717, 1.165) is 12.8 Å². The van der Waals surface area contributed by atoms with Crippen molar-refractivity contribution >= 4 is 11.9 Å². The lowest BCUT2D eigenvalue weighted by atomic mass is 10.1. The third-order valence-corrected chi connectivity index (χ3v) is 4.44. The van der Waals surface area contributed by atoms with Crippen molar-refractivity contribution in [3.63, 3.8) is 0 Å². The van der Waals surface area contributed by atoms with Crippen molar-refractivity contribution in [1.82, 2.24) is 5.32 Å². The Morgan fingerprint density at radius 2 is 1.58 bits per heavy atom. The quantitative estimate of drug-likeness (QED) is 0.340. The van der Waals surface area contributed by atoms with Gasteiger partial charge in [-0.05, 0) is 25.5 Å². The van der Waals surface area contributed by atoms with Gasteiger partial charge in [-0.15, -0.1) is 0 Å². The highest BCUT2D eigenvalue weighted by Gasteiger charge is 2.19. The fourth-order valence-electron chi connectivity index (χ4n) is 2.80. The maximum atomic E-state index is 11.9. The summed E-state index contributed by atoms with van der Waals surface area (Å²) in [5.74, 6) is -0.624. The second-order valence-electron chi connectivity index (χ2n) is 6.88. The van der Waals surface area contributed by atoms with E-state index >= 15 is 0 Å². The number of hydrogen-bond donors (Lipinski definition) is 1. The summed E-state index contributed by atoms with van der Waals surface area (Å²) in [7, 11) is 0. The first kappa shape index (κ1) is 22.3. The average molecular weight is 366 g/mol. The monoisotopic (exact) mass is 365 g/mol. The van der Waals surface area contributed by atoms with Gasteiger partial charge >= 0.3 is 5.97 Å². The Morgan fingerprint density at radius 1 is 1.00 bits per heavy atom. The van der Waals surface area contributed by atoms with Gasteiger partial charge in [-0.25, -0.2) is 4.79 Å². The second-order valence-corrected chi connectivity index (χ2v) is 6.88. The Kier molecular flexibility index (Phi) is 12.3. The molecule has 1 aromatic rings. The lowest BCUT2D eigenvalue weighted by molar-refractivity contribution is -0.145. The molecule has 0 aliphatic heterocycles. The molecule has 26 heavy (non-hydrogen) atoms. The van der Waals surface area contributed by atoms with E-state index in [0.29, 0.717) is 6.61 Å². The number of amides is 1. The first-order valence-corrected chi connectivity index (χ1v) is 10.2. The molecule has 0 bridgehead atoms. The Morgan fingerprint density at radius 3 is 2.12 bits per heavy atom. The summed E-state index contributed by atoms with van der Waals surface area (Å²) in [4.78, 5) is 23.6. The van der Waals surface area contributed by atoms with Gasteiger partial charge in [-0.2, -0.15) is 0 Å². The van der Waals surface area contributed by atoms with Gasteiger partial charge in [0.1, 0.15) is 6.04 Å². The van der Waals surface area contributed by atoms with E-state index < -0.39 is 17.9 Å². The van der Waals surface area contributed by atoms with E-state index in [1.54, 1.807) is 19.1 Å². The van der Waals surface area contributed by atoms with Crippen LogP contribution in [0.2, 0.25) is 0 Å². The Labute approximate surface area is 157 Å². The van der Waals surface area contributed by atoms with Gasteiger partial charge in [-0.1, -0.05) is 71.1 Å². The largest absolute Gasteiger partial charge is 0.464 e. The smallest absolute Gasteiger partial charge is 0.328 e. The van der Waals surface area contributed by atoms with Crippen molar-refractivity contribution in [3.05, 3.63) is 24.2 Å². The highest BCUT2D eigenvalue weighted by molar-refractivity contribution is 5.94. The second kappa shape index (κ2) is 14.4. The summed E-state index contributed by atoms with van der Waals surface area (Å²) in [6, 6.07) is 2.50. The SMILES string of the molecule is CCCCCCCCCCCCCOC(=O)[C@H](C)NC(=O)c1ccco1. The normalized spacial score (nSPS) is 11.9. The van der Waals surface area contributed by atoms with Crippen molar-refractivity contribution in [2.75, 3.05) is 6.61 Å². The number of ether oxygens (including phenoxy) is 1. The van der Waals surface area contributed by atoms with Crippen LogP contribution in [-0.4, -0.2) is 24.5 Å². The van der Waals surface area contributed by atoms with Gasteiger partial charge < -0.3 is 14.5 Å². The van der Waals surface area contributed by atoms with E-state index in [1.165, 1.54) is 64.1 Å². The fourth-order valence-corrected chi connectivity index (χ4v) is 2.80. The summed E-state index contributed by atoms with van der Waals surface area (Å²) in [5.41, 5.74) is 0. The molecule has 1 atom stereocenters. The number of unbranched alkanes of at least 4 members (excludes halogenated alkanes) is 10. The summed E-state index contributed by atoms with van der Waals surface area (Å²) in [6.45, 7) is 4.27. The molecular weight excluding hydrogens is 330 g/mol. The lowest BCUT2D eigenvalue weighted by Crippen LogP contribution is -2.39. The Hall–Kier alpha value is -1.78. The summed E-state index contributed by atoms with van der Waals surface area (Å²) < 4.78 is 10.2. The van der Waals surface area contributed by atoms with Crippen LogP contribution in [0.15, 0.2) is 22.8 Å². The van der Waals surface area contributed by atoms with Crippen LogP contribution in [0.1, 0.15) is 95.0 Å². The van der Waals surface area contributed by atoms with E-state index in [9.17, 15) is 9.59 Å². The first-order chi connectivity index (χ1) is 12.6. The molecule has 0 aromatic carbocycles. The molecule has 0 aliphatic rings. The molecule has 0 saturated carbocycles. The zero-order valence-electron chi connectivity index (χ0n) is 16.4. The predicted molar refractivity (Wildman–Crippen MR) is 103 cm³/mol. The van der Waals surface area contributed by atoms with E-state index in [2.05, 4.69) is 12.2 Å². The van der Waals surface area contributed by atoms with E-state index in [4.69, 9.17) is 9.15 Å². The van der Waals surface area contributed by atoms with Crippen molar-refractivity contribution in [3.8, 4) is 0 Å². The molecule has 1 aromatic heterocycles. The number of rotatable bonds is 15. The number of furan rings is 1. The zero-order chi connectivity index (χ0) is 19.0. The molecule has 0 radical (unpaired) electrons. The van der Waals surface area contributed by atoms with Crippen molar-refractivity contribution < 1.29 is 18.7 Å². The van der Waals surface area contributed by atoms with Gasteiger partial charge in [0.15, 0.2) is 5.76 Å². The van der Waals surface area contributed by atoms with Crippen molar-refractivity contribution in [2.45, 2.75) is 90.5 Å². The van der Waals surface area contributed by atoms with Crippen LogP contribution in [0, 0.1) is 0 Å². The minimum absolute atomic E-state index is 0.190. The zero-order valence-corrected chi connectivity index (χ0v) is 16.4. The Bertz CT molecular complexity index is 484. The predicted octanol–water partition coefficient (Wildman–Crippen LogP) is 5.25. The third-order valence-electron chi connectivity index (χ3n) is 4.44. The highest BCUT2D eigenvalue weighted by atomic mass is 16.5.